The first-order chi connectivity index (χ1) is 7.61. The van der Waals surface area contributed by atoms with Gasteiger partial charge in [0.25, 0.3) is 0 Å². The molecule has 0 spiro atoms. The second-order valence-corrected chi connectivity index (χ2v) is 3.65. The highest BCUT2D eigenvalue weighted by molar-refractivity contribution is 6.43. The zero-order valence-electron chi connectivity index (χ0n) is 8.54. The largest absolute Gasteiger partial charge is 0.504 e. The Morgan fingerprint density at radius 1 is 1.50 bits per heavy atom. The smallest absolute Gasteiger partial charge is 0.166 e. The summed E-state index contributed by atoms with van der Waals surface area (Å²) in [6, 6.07) is 1.43. The summed E-state index contributed by atoms with van der Waals surface area (Å²) in [6.07, 6.45) is 3.17. The van der Waals surface area contributed by atoms with Gasteiger partial charge in [-0.05, 0) is 19.1 Å². The number of benzene rings is 1. The van der Waals surface area contributed by atoms with Crippen LogP contribution in [0.2, 0.25) is 10.0 Å². The number of hydrogen-bond donors (Lipinski definition) is 1. The zero-order valence-corrected chi connectivity index (χ0v) is 10.0. The molecular formula is C11H10Cl2O3. The molecule has 0 aliphatic heterocycles. The highest BCUT2D eigenvalue weighted by Gasteiger charge is 2.14. The fourth-order valence-corrected chi connectivity index (χ4v) is 1.57. The van der Waals surface area contributed by atoms with Crippen LogP contribution in [0.15, 0.2) is 12.1 Å². The SMILES string of the molecule is CCOc1cc(Cl)c(Cl)c(/C=C/C=O)c1O. The average Bonchev–Trinajstić information content (AvgIpc) is 2.26. The lowest BCUT2D eigenvalue weighted by molar-refractivity contribution is -0.104. The summed E-state index contributed by atoms with van der Waals surface area (Å²) >= 11 is 11.8. The Kier molecular flexibility index (Phi) is 4.65. The minimum absolute atomic E-state index is 0.130. The number of carbonyl (C=O) groups excluding carboxylic acids is 1. The van der Waals surface area contributed by atoms with Crippen LogP contribution in [0.5, 0.6) is 11.5 Å². The minimum Gasteiger partial charge on any atom is -0.504 e. The van der Waals surface area contributed by atoms with Crippen LogP contribution >= 0.6 is 23.2 Å². The number of aromatic hydroxyl groups is 1. The monoisotopic (exact) mass is 260 g/mol. The van der Waals surface area contributed by atoms with Crippen LogP contribution in [0.4, 0.5) is 0 Å². The van der Waals surface area contributed by atoms with Crippen molar-refractivity contribution in [1.82, 2.24) is 0 Å². The van der Waals surface area contributed by atoms with Gasteiger partial charge >= 0.3 is 0 Å². The van der Waals surface area contributed by atoms with Gasteiger partial charge in [-0.25, -0.2) is 0 Å². The molecule has 0 saturated heterocycles. The number of allylic oxidation sites excluding steroid dienone is 1. The van der Waals surface area contributed by atoms with E-state index in [1.165, 1.54) is 18.2 Å². The van der Waals surface area contributed by atoms with Gasteiger partial charge in [0.05, 0.1) is 16.7 Å². The Morgan fingerprint density at radius 3 is 2.75 bits per heavy atom. The Morgan fingerprint density at radius 2 is 2.19 bits per heavy atom. The molecule has 0 amide bonds. The lowest BCUT2D eigenvalue weighted by atomic mass is 10.1. The molecule has 1 N–H and O–H groups in total. The number of carbonyl (C=O) groups is 1. The molecule has 5 heteroatoms. The molecule has 0 unspecified atom stereocenters. The van der Waals surface area contributed by atoms with E-state index in [1.54, 1.807) is 6.92 Å². The van der Waals surface area contributed by atoms with Crippen LogP contribution in [-0.2, 0) is 4.79 Å². The second-order valence-electron chi connectivity index (χ2n) is 2.86. The topological polar surface area (TPSA) is 46.5 Å². The summed E-state index contributed by atoms with van der Waals surface area (Å²) in [5.41, 5.74) is 0.268. The fraction of sp³-hybridized carbons (Fsp3) is 0.182. The number of halogens is 2. The molecule has 1 aromatic rings. The molecule has 0 radical (unpaired) electrons. The van der Waals surface area contributed by atoms with Crippen molar-refractivity contribution >= 4 is 35.6 Å². The second kappa shape index (κ2) is 5.77. The average molecular weight is 261 g/mol. The summed E-state index contributed by atoms with van der Waals surface area (Å²) in [5, 5.41) is 10.3. The van der Waals surface area contributed by atoms with Crippen LogP contribution in [0.1, 0.15) is 12.5 Å². The number of phenolic OH excluding ortho intramolecular Hbond substituents is 1. The molecule has 1 aromatic carbocycles. The van der Waals surface area contributed by atoms with Crippen molar-refractivity contribution in [2.75, 3.05) is 6.61 Å². The van der Waals surface area contributed by atoms with Crippen molar-refractivity contribution in [3.8, 4) is 11.5 Å². The van der Waals surface area contributed by atoms with E-state index in [2.05, 4.69) is 0 Å². The highest BCUT2D eigenvalue weighted by atomic mass is 35.5. The van der Waals surface area contributed by atoms with E-state index < -0.39 is 0 Å². The number of aldehydes is 1. The summed E-state index contributed by atoms with van der Waals surface area (Å²) in [5.74, 6) is 0.108. The van der Waals surface area contributed by atoms with E-state index in [1.807, 2.05) is 0 Å². The zero-order chi connectivity index (χ0) is 12.1. The van der Waals surface area contributed by atoms with Gasteiger partial charge in [-0.1, -0.05) is 23.2 Å². The van der Waals surface area contributed by atoms with Crippen molar-refractivity contribution in [1.29, 1.82) is 0 Å². The predicted octanol–water partition coefficient (Wildman–Crippen LogP) is 3.31. The van der Waals surface area contributed by atoms with Crippen molar-refractivity contribution in [3.63, 3.8) is 0 Å². The van der Waals surface area contributed by atoms with Crippen LogP contribution in [0.3, 0.4) is 0 Å². The molecular weight excluding hydrogens is 251 g/mol. The summed E-state index contributed by atoms with van der Waals surface area (Å²) in [7, 11) is 0. The van der Waals surface area contributed by atoms with E-state index in [0.29, 0.717) is 12.9 Å². The van der Waals surface area contributed by atoms with Crippen LogP contribution in [0.25, 0.3) is 6.08 Å². The summed E-state index contributed by atoms with van der Waals surface area (Å²) in [4.78, 5) is 10.2. The number of ether oxygens (including phenoxy) is 1. The first-order valence-corrected chi connectivity index (χ1v) is 5.33. The van der Waals surface area contributed by atoms with Gasteiger partial charge in [0.2, 0.25) is 0 Å². The van der Waals surface area contributed by atoms with E-state index in [9.17, 15) is 9.90 Å². The quantitative estimate of drug-likeness (QED) is 0.668. The van der Waals surface area contributed by atoms with Gasteiger partial charge in [0, 0.05) is 11.6 Å². The third-order valence-electron chi connectivity index (χ3n) is 1.83. The standard InChI is InChI=1S/C11H10Cl2O3/c1-2-16-9-6-8(12)10(13)7(11(9)15)4-3-5-14/h3-6,15H,2H2,1H3/b4-3+. The van der Waals surface area contributed by atoms with Gasteiger partial charge < -0.3 is 9.84 Å². The molecule has 0 aliphatic carbocycles. The van der Waals surface area contributed by atoms with Crippen molar-refractivity contribution in [2.45, 2.75) is 6.92 Å². The number of phenols is 1. The molecule has 0 heterocycles. The van der Waals surface area contributed by atoms with E-state index in [0.717, 1.165) is 0 Å². The van der Waals surface area contributed by atoms with Gasteiger partial charge in [-0.2, -0.15) is 0 Å². The third-order valence-corrected chi connectivity index (χ3v) is 2.64. The molecule has 0 fully saturated rings. The highest BCUT2D eigenvalue weighted by Crippen LogP contribution is 2.40. The van der Waals surface area contributed by atoms with E-state index >= 15 is 0 Å². The van der Waals surface area contributed by atoms with Crippen LogP contribution < -0.4 is 4.74 Å². The van der Waals surface area contributed by atoms with Crippen LogP contribution in [-0.4, -0.2) is 18.0 Å². The minimum atomic E-state index is -0.130. The molecule has 0 aromatic heterocycles. The van der Waals surface area contributed by atoms with E-state index in [-0.39, 0.29) is 27.1 Å². The molecule has 0 atom stereocenters. The summed E-state index contributed by atoms with van der Waals surface area (Å²) < 4.78 is 5.18. The number of hydrogen-bond acceptors (Lipinski definition) is 3. The van der Waals surface area contributed by atoms with Crippen molar-refractivity contribution in [2.24, 2.45) is 0 Å². The van der Waals surface area contributed by atoms with Gasteiger partial charge in [-0.15, -0.1) is 0 Å². The van der Waals surface area contributed by atoms with Crippen molar-refractivity contribution < 1.29 is 14.6 Å². The number of rotatable bonds is 4. The lowest BCUT2D eigenvalue weighted by Gasteiger charge is -2.10. The lowest BCUT2D eigenvalue weighted by Crippen LogP contribution is -1.93. The van der Waals surface area contributed by atoms with Crippen LogP contribution in [0, 0.1) is 0 Å². The molecule has 0 bridgehead atoms. The first-order valence-electron chi connectivity index (χ1n) is 4.57. The molecule has 0 aliphatic rings. The third kappa shape index (κ3) is 2.68. The van der Waals surface area contributed by atoms with E-state index in [4.69, 9.17) is 27.9 Å². The predicted molar refractivity (Wildman–Crippen MR) is 64.4 cm³/mol. The Labute approximate surface area is 103 Å². The van der Waals surface area contributed by atoms with Gasteiger partial charge in [-0.3, -0.25) is 4.79 Å². The Hall–Kier alpha value is -1.19. The molecule has 16 heavy (non-hydrogen) atoms. The maximum absolute atomic E-state index is 10.2. The molecule has 0 saturated carbocycles. The van der Waals surface area contributed by atoms with Gasteiger partial charge in [0.1, 0.15) is 6.29 Å². The maximum Gasteiger partial charge on any atom is 0.166 e. The Balaban J connectivity index is 3.32. The molecule has 1 rings (SSSR count). The normalized spacial score (nSPS) is 10.7. The summed E-state index contributed by atoms with van der Waals surface area (Å²) in [6.45, 7) is 2.17. The molecule has 86 valence electrons. The fourth-order valence-electron chi connectivity index (χ4n) is 1.17. The van der Waals surface area contributed by atoms with Crippen molar-refractivity contribution in [3.05, 3.63) is 27.8 Å². The van der Waals surface area contributed by atoms with Gasteiger partial charge in [0.15, 0.2) is 11.5 Å². The maximum atomic E-state index is 10.2. The first kappa shape index (κ1) is 12.9. The Bertz CT molecular complexity index is 428. The molecule has 3 nitrogen and oxygen atoms in total.